The Balaban J connectivity index is 1.49. The molecule has 3 aromatic rings. The second-order valence-electron chi connectivity index (χ2n) is 6.43. The number of hydrogen-bond donors (Lipinski definition) is 0. The standard InChI is InChI=1S/C21H23N3OS/c1-16-3-5-18(6-4-16)21-23-19(15-26-21)7-8-20(25)24(2)14-11-17-9-12-22-13-10-17/h3-6,9-10,12-13,15H,7-8,11,14H2,1-2H3. The van der Waals surface area contributed by atoms with E-state index in [1.165, 1.54) is 11.1 Å². The maximum absolute atomic E-state index is 12.3. The van der Waals surface area contributed by atoms with Gasteiger partial charge < -0.3 is 4.90 Å². The third kappa shape index (κ3) is 4.99. The number of hydrogen-bond acceptors (Lipinski definition) is 4. The van der Waals surface area contributed by atoms with Crippen LogP contribution in [-0.2, 0) is 17.6 Å². The second-order valence-corrected chi connectivity index (χ2v) is 7.29. The third-order valence-electron chi connectivity index (χ3n) is 4.36. The maximum atomic E-state index is 12.3. The highest BCUT2D eigenvalue weighted by atomic mass is 32.1. The summed E-state index contributed by atoms with van der Waals surface area (Å²) in [6.45, 7) is 2.79. The number of likely N-dealkylation sites (N-methyl/N-ethyl adjacent to an activating group) is 1. The molecule has 0 spiro atoms. The molecule has 0 saturated carbocycles. The first-order valence-electron chi connectivity index (χ1n) is 8.76. The van der Waals surface area contributed by atoms with Crippen molar-refractivity contribution < 1.29 is 4.79 Å². The number of carbonyl (C=O) groups excluding carboxylic acids is 1. The van der Waals surface area contributed by atoms with Gasteiger partial charge in [0.25, 0.3) is 0 Å². The van der Waals surface area contributed by atoms with E-state index < -0.39 is 0 Å². The van der Waals surface area contributed by atoms with Gasteiger partial charge in [-0.3, -0.25) is 9.78 Å². The van der Waals surface area contributed by atoms with Crippen LogP contribution in [0.3, 0.4) is 0 Å². The number of nitrogens with zero attached hydrogens (tertiary/aromatic N) is 3. The van der Waals surface area contributed by atoms with Crippen molar-refractivity contribution in [1.82, 2.24) is 14.9 Å². The van der Waals surface area contributed by atoms with Crippen molar-refractivity contribution in [2.24, 2.45) is 0 Å². The lowest BCUT2D eigenvalue weighted by Gasteiger charge is -2.16. The van der Waals surface area contributed by atoms with Crippen LogP contribution in [0.25, 0.3) is 10.6 Å². The first-order valence-corrected chi connectivity index (χ1v) is 9.64. The molecule has 0 bridgehead atoms. The molecule has 26 heavy (non-hydrogen) atoms. The molecule has 4 nitrogen and oxygen atoms in total. The van der Waals surface area contributed by atoms with E-state index in [2.05, 4.69) is 46.5 Å². The van der Waals surface area contributed by atoms with E-state index in [9.17, 15) is 4.79 Å². The number of aryl methyl sites for hydroxylation is 2. The van der Waals surface area contributed by atoms with Gasteiger partial charge in [0, 0.05) is 43.4 Å². The van der Waals surface area contributed by atoms with E-state index in [0.717, 1.165) is 22.7 Å². The summed E-state index contributed by atoms with van der Waals surface area (Å²) >= 11 is 1.63. The highest BCUT2D eigenvalue weighted by Gasteiger charge is 2.11. The average molecular weight is 366 g/mol. The van der Waals surface area contributed by atoms with Crippen LogP contribution in [0.2, 0.25) is 0 Å². The Kier molecular flexibility index (Phi) is 6.12. The summed E-state index contributed by atoms with van der Waals surface area (Å²) in [7, 11) is 1.86. The minimum absolute atomic E-state index is 0.156. The number of benzene rings is 1. The molecule has 0 saturated heterocycles. The van der Waals surface area contributed by atoms with Crippen LogP contribution >= 0.6 is 11.3 Å². The lowest BCUT2D eigenvalue weighted by molar-refractivity contribution is -0.129. The predicted octanol–water partition coefficient (Wildman–Crippen LogP) is 4.15. The van der Waals surface area contributed by atoms with Gasteiger partial charge in [-0.2, -0.15) is 0 Å². The lowest BCUT2D eigenvalue weighted by Crippen LogP contribution is -2.29. The van der Waals surface area contributed by atoms with Crippen molar-refractivity contribution >= 4 is 17.2 Å². The van der Waals surface area contributed by atoms with Crippen LogP contribution in [0.15, 0.2) is 54.2 Å². The molecule has 0 unspecified atom stereocenters. The summed E-state index contributed by atoms with van der Waals surface area (Å²) in [5.74, 6) is 0.156. The zero-order valence-corrected chi connectivity index (χ0v) is 16.0. The third-order valence-corrected chi connectivity index (χ3v) is 5.30. The highest BCUT2D eigenvalue weighted by molar-refractivity contribution is 7.13. The molecule has 134 valence electrons. The Morgan fingerprint density at radius 3 is 2.54 bits per heavy atom. The summed E-state index contributed by atoms with van der Waals surface area (Å²) in [4.78, 5) is 22.8. The summed E-state index contributed by atoms with van der Waals surface area (Å²) in [5.41, 5.74) is 4.56. The van der Waals surface area contributed by atoms with E-state index in [0.29, 0.717) is 19.4 Å². The summed E-state index contributed by atoms with van der Waals surface area (Å²) in [6, 6.07) is 12.3. The van der Waals surface area contributed by atoms with Crippen LogP contribution in [0.4, 0.5) is 0 Å². The van der Waals surface area contributed by atoms with E-state index in [4.69, 9.17) is 0 Å². The van der Waals surface area contributed by atoms with Gasteiger partial charge in [0.1, 0.15) is 5.01 Å². The predicted molar refractivity (Wildman–Crippen MR) is 106 cm³/mol. The van der Waals surface area contributed by atoms with E-state index in [1.54, 1.807) is 28.6 Å². The van der Waals surface area contributed by atoms with Crippen LogP contribution in [0.5, 0.6) is 0 Å². The van der Waals surface area contributed by atoms with Gasteiger partial charge in [-0.25, -0.2) is 4.98 Å². The molecule has 0 aliphatic heterocycles. The molecule has 0 atom stereocenters. The molecular formula is C21H23N3OS. The van der Waals surface area contributed by atoms with Crippen molar-refractivity contribution in [2.75, 3.05) is 13.6 Å². The SMILES string of the molecule is Cc1ccc(-c2nc(CCC(=O)N(C)CCc3ccncc3)cs2)cc1. The average Bonchev–Trinajstić information content (AvgIpc) is 3.14. The number of aromatic nitrogens is 2. The van der Waals surface area contributed by atoms with E-state index in [1.807, 2.05) is 19.2 Å². The first-order chi connectivity index (χ1) is 12.6. The van der Waals surface area contributed by atoms with Crippen LogP contribution in [0, 0.1) is 6.92 Å². The number of carbonyl (C=O) groups is 1. The number of amides is 1. The van der Waals surface area contributed by atoms with Crippen LogP contribution < -0.4 is 0 Å². The van der Waals surface area contributed by atoms with Crippen LogP contribution in [-0.4, -0.2) is 34.4 Å². The molecular weight excluding hydrogens is 342 g/mol. The van der Waals surface area contributed by atoms with Gasteiger partial charge in [0.15, 0.2) is 0 Å². The number of thiazole rings is 1. The Morgan fingerprint density at radius 2 is 1.81 bits per heavy atom. The van der Waals surface area contributed by atoms with Gasteiger partial charge in [-0.1, -0.05) is 29.8 Å². The molecule has 0 N–H and O–H groups in total. The molecule has 3 rings (SSSR count). The molecule has 1 aromatic carbocycles. The molecule has 0 radical (unpaired) electrons. The Morgan fingerprint density at radius 1 is 1.08 bits per heavy atom. The van der Waals surface area contributed by atoms with E-state index >= 15 is 0 Å². The zero-order chi connectivity index (χ0) is 18.4. The molecule has 2 heterocycles. The van der Waals surface area contributed by atoms with Crippen molar-refractivity contribution in [1.29, 1.82) is 0 Å². The number of pyridine rings is 1. The molecule has 2 aromatic heterocycles. The van der Waals surface area contributed by atoms with Gasteiger partial charge in [-0.05, 0) is 37.5 Å². The molecule has 0 aliphatic carbocycles. The van der Waals surface area contributed by atoms with Gasteiger partial charge in [0.2, 0.25) is 5.91 Å². The topological polar surface area (TPSA) is 46.1 Å². The smallest absolute Gasteiger partial charge is 0.222 e. The fourth-order valence-corrected chi connectivity index (χ4v) is 3.51. The summed E-state index contributed by atoms with van der Waals surface area (Å²) in [5, 5.41) is 3.07. The Bertz CT molecular complexity index is 843. The van der Waals surface area contributed by atoms with Crippen molar-refractivity contribution in [3.63, 3.8) is 0 Å². The molecule has 0 fully saturated rings. The highest BCUT2D eigenvalue weighted by Crippen LogP contribution is 2.24. The van der Waals surface area contributed by atoms with E-state index in [-0.39, 0.29) is 5.91 Å². The molecule has 1 amide bonds. The molecule has 0 aliphatic rings. The van der Waals surface area contributed by atoms with Gasteiger partial charge in [0.05, 0.1) is 5.69 Å². The minimum Gasteiger partial charge on any atom is -0.345 e. The number of rotatable bonds is 7. The fourth-order valence-electron chi connectivity index (χ4n) is 2.65. The first kappa shape index (κ1) is 18.3. The fraction of sp³-hybridized carbons (Fsp3) is 0.286. The normalized spacial score (nSPS) is 10.7. The minimum atomic E-state index is 0.156. The van der Waals surface area contributed by atoms with Crippen molar-refractivity contribution in [3.8, 4) is 10.6 Å². The quantitative estimate of drug-likeness (QED) is 0.632. The maximum Gasteiger partial charge on any atom is 0.222 e. The lowest BCUT2D eigenvalue weighted by atomic mass is 10.1. The Hall–Kier alpha value is -2.53. The Labute approximate surface area is 158 Å². The molecule has 5 heteroatoms. The second kappa shape index (κ2) is 8.72. The largest absolute Gasteiger partial charge is 0.345 e. The monoisotopic (exact) mass is 365 g/mol. The van der Waals surface area contributed by atoms with Crippen molar-refractivity contribution in [2.45, 2.75) is 26.2 Å². The summed E-state index contributed by atoms with van der Waals surface area (Å²) in [6.07, 6.45) is 5.58. The zero-order valence-electron chi connectivity index (χ0n) is 15.2. The van der Waals surface area contributed by atoms with Gasteiger partial charge in [-0.15, -0.1) is 11.3 Å². The van der Waals surface area contributed by atoms with Crippen molar-refractivity contribution in [3.05, 3.63) is 71.0 Å². The van der Waals surface area contributed by atoms with Gasteiger partial charge >= 0.3 is 0 Å². The van der Waals surface area contributed by atoms with Crippen LogP contribution in [0.1, 0.15) is 23.2 Å². The summed E-state index contributed by atoms with van der Waals surface area (Å²) < 4.78 is 0.